The van der Waals surface area contributed by atoms with Gasteiger partial charge in [0.2, 0.25) is 0 Å². The Balaban J connectivity index is 1.78. The second kappa shape index (κ2) is 7.68. The number of hydrogen-bond acceptors (Lipinski definition) is 3. The van der Waals surface area contributed by atoms with Crippen molar-refractivity contribution in [2.24, 2.45) is 0 Å². The Morgan fingerprint density at radius 1 is 1.30 bits per heavy atom. The van der Waals surface area contributed by atoms with E-state index in [9.17, 15) is 4.79 Å². The van der Waals surface area contributed by atoms with Gasteiger partial charge in [-0.3, -0.25) is 9.69 Å². The predicted octanol–water partition coefficient (Wildman–Crippen LogP) is 0.402. The van der Waals surface area contributed by atoms with Gasteiger partial charge >= 0.3 is 0 Å². The monoisotopic (exact) mass is 271 g/mol. The van der Waals surface area contributed by atoms with Crippen molar-refractivity contribution in [3.63, 3.8) is 0 Å². The van der Waals surface area contributed by atoms with Crippen LogP contribution in [0.3, 0.4) is 0 Å². The van der Waals surface area contributed by atoms with E-state index in [0.717, 1.165) is 44.8 Å². The third kappa shape index (κ3) is 4.69. The molecule has 1 N–H and O–H groups in total. The molecular weight excluding hydrogens is 250 g/mol. The van der Waals surface area contributed by atoms with Crippen LogP contribution >= 0.6 is 0 Å². The summed E-state index contributed by atoms with van der Waals surface area (Å²) in [6.45, 7) is 5.81. The Hall–Kier alpha value is -1.83. The smallest absolute Gasteiger partial charge is 0.298 e. The number of carbonyl (C=O) groups is 1. The molecule has 1 aliphatic rings. The van der Waals surface area contributed by atoms with Gasteiger partial charge in [-0.15, -0.1) is 0 Å². The van der Waals surface area contributed by atoms with Crippen LogP contribution in [0.4, 0.5) is 0 Å². The number of nitrogens with one attached hydrogen (secondary N) is 1. The van der Waals surface area contributed by atoms with Crippen molar-refractivity contribution in [1.82, 2.24) is 15.1 Å². The number of likely N-dealkylation sites (N-methyl/N-ethyl adjacent to an activating group) is 1. The molecule has 1 aromatic rings. The molecule has 2 rings (SSSR count). The van der Waals surface area contributed by atoms with Gasteiger partial charge in [-0.1, -0.05) is 24.1 Å². The summed E-state index contributed by atoms with van der Waals surface area (Å²) in [6.07, 6.45) is 0. The molecule has 0 bridgehead atoms. The van der Waals surface area contributed by atoms with Crippen molar-refractivity contribution < 1.29 is 4.79 Å². The van der Waals surface area contributed by atoms with E-state index in [1.807, 2.05) is 37.4 Å². The number of carbonyl (C=O) groups excluding carboxylic acids is 1. The molecule has 0 spiro atoms. The number of rotatable bonds is 3. The van der Waals surface area contributed by atoms with E-state index in [0.29, 0.717) is 0 Å². The summed E-state index contributed by atoms with van der Waals surface area (Å²) >= 11 is 0. The molecule has 106 valence electrons. The molecule has 1 heterocycles. The van der Waals surface area contributed by atoms with Gasteiger partial charge in [0.15, 0.2) is 0 Å². The number of amides is 1. The number of benzene rings is 1. The van der Waals surface area contributed by atoms with E-state index in [1.54, 1.807) is 4.90 Å². The molecule has 0 aliphatic carbocycles. The highest BCUT2D eigenvalue weighted by Crippen LogP contribution is 1.96. The highest BCUT2D eigenvalue weighted by atomic mass is 16.2. The lowest BCUT2D eigenvalue weighted by molar-refractivity contribution is -0.124. The minimum Gasteiger partial charge on any atom is -0.334 e. The zero-order valence-corrected chi connectivity index (χ0v) is 11.9. The molecule has 0 aromatic heterocycles. The van der Waals surface area contributed by atoms with Crippen molar-refractivity contribution in [2.75, 3.05) is 46.3 Å². The molecule has 4 heteroatoms. The first kappa shape index (κ1) is 14.6. The molecule has 20 heavy (non-hydrogen) atoms. The molecule has 0 atom stereocenters. The van der Waals surface area contributed by atoms with Gasteiger partial charge in [0.25, 0.3) is 5.91 Å². The number of hydrogen-bond donors (Lipinski definition) is 1. The Morgan fingerprint density at radius 2 is 2.00 bits per heavy atom. The molecule has 1 aliphatic heterocycles. The third-order valence-electron chi connectivity index (χ3n) is 3.40. The van der Waals surface area contributed by atoms with Gasteiger partial charge in [0.1, 0.15) is 0 Å². The number of piperazine rings is 1. The Kier molecular flexibility index (Phi) is 5.60. The minimum absolute atomic E-state index is 0.121. The van der Waals surface area contributed by atoms with Crippen molar-refractivity contribution in [1.29, 1.82) is 0 Å². The number of nitrogens with zero attached hydrogens (tertiary/aromatic N) is 2. The predicted molar refractivity (Wildman–Crippen MR) is 80.3 cm³/mol. The molecule has 1 fully saturated rings. The second-order valence-corrected chi connectivity index (χ2v) is 4.93. The van der Waals surface area contributed by atoms with Crippen molar-refractivity contribution >= 4 is 5.91 Å². The van der Waals surface area contributed by atoms with Gasteiger partial charge in [0.05, 0.1) is 0 Å². The molecule has 0 radical (unpaired) electrons. The third-order valence-corrected chi connectivity index (χ3v) is 3.40. The molecule has 1 aromatic carbocycles. The first-order valence-corrected chi connectivity index (χ1v) is 7.01. The van der Waals surface area contributed by atoms with Crippen molar-refractivity contribution in [3.05, 3.63) is 35.9 Å². The second-order valence-electron chi connectivity index (χ2n) is 4.93. The topological polar surface area (TPSA) is 35.6 Å². The van der Waals surface area contributed by atoms with E-state index in [2.05, 4.69) is 22.1 Å². The summed E-state index contributed by atoms with van der Waals surface area (Å²) in [5, 5.41) is 3.32. The normalized spacial score (nSPS) is 15.2. The fraction of sp³-hybridized carbons (Fsp3) is 0.438. The first-order chi connectivity index (χ1) is 9.75. The Labute approximate surface area is 120 Å². The molecule has 1 saturated heterocycles. The molecule has 0 unspecified atom stereocenters. The van der Waals surface area contributed by atoms with E-state index < -0.39 is 0 Å². The molecule has 0 saturated carbocycles. The van der Waals surface area contributed by atoms with Crippen molar-refractivity contribution in [3.8, 4) is 11.8 Å². The highest BCUT2D eigenvalue weighted by Gasteiger charge is 2.11. The highest BCUT2D eigenvalue weighted by molar-refractivity contribution is 5.93. The average molecular weight is 271 g/mol. The van der Waals surface area contributed by atoms with Crippen LogP contribution in [-0.2, 0) is 4.79 Å². The maximum absolute atomic E-state index is 11.9. The summed E-state index contributed by atoms with van der Waals surface area (Å²) < 4.78 is 0. The van der Waals surface area contributed by atoms with Gasteiger partial charge in [0, 0.05) is 57.8 Å². The summed E-state index contributed by atoms with van der Waals surface area (Å²) in [7, 11) is 1.81. The lowest BCUT2D eigenvalue weighted by Crippen LogP contribution is -2.46. The zero-order chi connectivity index (χ0) is 14.2. The molecular formula is C16H21N3O. The van der Waals surface area contributed by atoms with Crippen LogP contribution in [-0.4, -0.2) is 62.0 Å². The van der Waals surface area contributed by atoms with Crippen molar-refractivity contribution in [2.45, 2.75) is 0 Å². The largest absolute Gasteiger partial charge is 0.334 e. The maximum atomic E-state index is 11.9. The zero-order valence-electron chi connectivity index (χ0n) is 11.9. The van der Waals surface area contributed by atoms with Crippen LogP contribution in [0.25, 0.3) is 0 Å². The quantitative estimate of drug-likeness (QED) is 0.809. The van der Waals surface area contributed by atoms with Crippen LogP contribution in [0.5, 0.6) is 0 Å². The molecule has 4 nitrogen and oxygen atoms in total. The van der Waals surface area contributed by atoms with E-state index in [1.165, 1.54) is 0 Å². The molecule has 1 amide bonds. The van der Waals surface area contributed by atoms with E-state index in [-0.39, 0.29) is 5.91 Å². The van der Waals surface area contributed by atoms with Crippen LogP contribution in [0.15, 0.2) is 30.3 Å². The maximum Gasteiger partial charge on any atom is 0.298 e. The van der Waals surface area contributed by atoms with Gasteiger partial charge < -0.3 is 10.2 Å². The summed E-state index contributed by atoms with van der Waals surface area (Å²) in [4.78, 5) is 16.0. The standard InChI is InChI=1S/C16H21N3O/c1-18(13-14-19-11-9-17-10-12-19)16(20)8-7-15-5-3-2-4-6-15/h2-6,17H,9-14H2,1H3. The SMILES string of the molecule is CN(CCN1CCNCC1)C(=O)C#Cc1ccccc1. The Bertz CT molecular complexity index is 483. The fourth-order valence-corrected chi connectivity index (χ4v) is 2.07. The summed E-state index contributed by atoms with van der Waals surface area (Å²) in [5.41, 5.74) is 0.872. The van der Waals surface area contributed by atoms with Crippen LogP contribution in [0.1, 0.15) is 5.56 Å². The Morgan fingerprint density at radius 3 is 2.70 bits per heavy atom. The summed E-state index contributed by atoms with van der Waals surface area (Å²) in [5.74, 6) is 5.47. The fourth-order valence-electron chi connectivity index (χ4n) is 2.07. The first-order valence-electron chi connectivity index (χ1n) is 7.01. The lowest BCUT2D eigenvalue weighted by Gasteiger charge is -2.28. The van der Waals surface area contributed by atoms with E-state index in [4.69, 9.17) is 0 Å². The van der Waals surface area contributed by atoms with Gasteiger partial charge in [-0.25, -0.2) is 0 Å². The van der Waals surface area contributed by atoms with Gasteiger partial charge in [-0.05, 0) is 12.1 Å². The van der Waals surface area contributed by atoms with E-state index >= 15 is 0 Å². The van der Waals surface area contributed by atoms with Crippen LogP contribution in [0.2, 0.25) is 0 Å². The summed E-state index contributed by atoms with van der Waals surface area (Å²) in [6, 6.07) is 9.58. The van der Waals surface area contributed by atoms with Gasteiger partial charge in [-0.2, -0.15) is 0 Å². The minimum atomic E-state index is -0.121. The van der Waals surface area contributed by atoms with Crippen LogP contribution in [0, 0.1) is 11.8 Å². The average Bonchev–Trinajstić information content (AvgIpc) is 2.52. The van der Waals surface area contributed by atoms with Crippen LogP contribution < -0.4 is 5.32 Å². The lowest BCUT2D eigenvalue weighted by atomic mass is 10.2.